The van der Waals surface area contributed by atoms with E-state index >= 15 is 0 Å². The standard InChI is InChI=1S/C25H29F3N4O3/c1-24(2)18-7-5-4-6-15(18)12-20(24)30-17-8-9-19(29-13-17)21(25(26,27)28)31(3)22(33)16-10-11-32(14-16)23(34)35/h4-9,13,16,20-21,30H,10-12,14H2,1-3H3,(H,34,35)/t16-,20-,21-/m0/s1. The number of carbonyl (C=O) groups excluding carboxylic acids is 1. The molecule has 0 spiro atoms. The van der Waals surface area contributed by atoms with Crippen molar-refractivity contribution in [2.45, 2.75) is 50.4 Å². The maximum atomic E-state index is 14.0. The molecule has 1 aromatic carbocycles. The summed E-state index contributed by atoms with van der Waals surface area (Å²) in [6.45, 7) is 4.27. The fraction of sp³-hybridized carbons (Fsp3) is 0.480. The number of halogens is 3. The van der Waals surface area contributed by atoms with Gasteiger partial charge in [0.25, 0.3) is 0 Å². The van der Waals surface area contributed by atoms with E-state index in [0.717, 1.165) is 18.4 Å². The van der Waals surface area contributed by atoms with Crippen LogP contribution in [0.15, 0.2) is 42.6 Å². The third kappa shape index (κ3) is 4.78. The second-order valence-corrected chi connectivity index (χ2v) is 9.86. The summed E-state index contributed by atoms with van der Waals surface area (Å²) in [5, 5.41) is 12.5. The average molecular weight is 491 g/mol. The number of amides is 2. The first kappa shape index (κ1) is 24.8. The molecule has 2 amide bonds. The van der Waals surface area contributed by atoms with Crippen LogP contribution in [0.4, 0.5) is 23.7 Å². The number of likely N-dealkylation sites (tertiary alicyclic amines) is 1. The molecular formula is C25H29F3N4O3. The van der Waals surface area contributed by atoms with E-state index in [1.54, 1.807) is 6.07 Å². The number of rotatable bonds is 5. The van der Waals surface area contributed by atoms with Crippen LogP contribution in [-0.4, -0.2) is 64.2 Å². The van der Waals surface area contributed by atoms with Crippen LogP contribution in [0, 0.1) is 5.92 Å². The van der Waals surface area contributed by atoms with Crippen LogP contribution in [0.25, 0.3) is 0 Å². The maximum absolute atomic E-state index is 14.0. The van der Waals surface area contributed by atoms with E-state index in [0.29, 0.717) is 10.6 Å². The number of carboxylic acid groups (broad SMARTS) is 1. The number of fused-ring (bicyclic) bond motifs is 1. The number of hydrogen-bond acceptors (Lipinski definition) is 4. The third-order valence-electron chi connectivity index (χ3n) is 7.27. The molecule has 0 unspecified atom stereocenters. The first-order valence-corrected chi connectivity index (χ1v) is 11.5. The molecule has 2 N–H and O–H groups in total. The molecule has 0 bridgehead atoms. The van der Waals surface area contributed by atoms with Crippen molar-refractivity contribution >= 4 is 17.7 Å². The summed E-state index contributed by atoms with van der Waals surface area (Å²) in [7, 11) is 1.09. The van der Waals surface area contributed by atoms with Crippen LogP contribution in [0.2, 0.25) is 0 Å². The summed E-state index contributed by atoms with van der Waals surface area (Å²) in [5.74, 6) is -1.56. The van der Waals surface area contributed by atoms with Gasteiger partial charge in [0.05, 0.1) is 23.5 Å². The van der Waals surface area contributed by atoms with E-state index in [4.69, 9.17) is 5.11 Å². The molecule has 1 aromatic heterocycles. The highest BCUT2D eigenvalue weighted by Gasteiger charge is 2.48. The highest BCUT2D eigenvalue weighted by Crippen LogP contribution is 2.41. The molecule has 2 heterocycles. The van der Waals surface area contributed by atoms with Crippen LogP contribution >= 0.6 is 0 Å². The Morgan fingerprint density at radius 3 is 2.51 bits per heavy atom. The second kappa shape index (κ2) is 9.05. The Labute approximate surface area is 201 Å². The van der Waals surface area contributed by atoms with Crippen LogP contribution in [0.3, 0.4) is 0 Å². The van der Waals surface area contributed by atoms with Gasteiger partial charge in [0.2, 0.25) is 5.91 Å². The Kier molecular flexibility index (Phi) is 6.42. The van der Waals surface area contributed by atoms with Crippen molar-refractivity contribution in [2.24, 2.45) is 5.92 Å². The normalized spacial score (nSPS) is 21.9. The molecule has 188 valence electrons. The van der Waals surface area contributed by atoms with Gasteiger partial charge in [-0.2, -0.15) is 13.2 Å². The predicted molar refractivity (Wildman–Crippen MR) is 124 cm³/mol. The molecule has 2 aromatic rings. The number of carbonyl (C=O) groups is 2. The Bertz CT molecular complexity index is 1100. The van der Waals surface area contributed by atoms with Gasteiger partial charge in [-0.3, -0.25) is 9.78 Å². The van der Waals surface area contributed by atoms with E-state index in [-0.39, 0.29) is 36.7 Å². The van der Waals surface area contributed by atoms with E-state index in [1.807, 2.05) is 12.1 Å². The van der Waals surface area contributed by atoms with E-state index < -0.39 is 30.1 Å². The summed E-state index contributed by atoms with van der Waals surface area (Å²) < 4.78 is 42.1. The molecule has 35 heavy (non-hydrogen) atoms. The van der Waals surface area contributed by atoms with Gasteiger partial charge in [0.15, 0.2) is 6.04 Å². The maximum Gasteiger partial charge on any atom is 0.414 e. The first-order chi connectivity index (χ1) is 16.4. The Hall–Kier alpha value is -3.30. The number of pyridine rings is 1. The number of nitrogens with zero attached hydrogens (tertiary/aromatic N) is 3. The highest BCUT2D eigenvalue weighted by molar-refractivity contribution is 5.80. The van der Waals surface area contributed by atoms with Crippen LogP contribution < -0.4 is 5.32 Å². The topological polar surface area (TPSA) is 85.8 Å². The van der Waals surface area contributed by atoms with E-state index in [2.05, 4.69) is 36.3 Å². The van der Waals surface area contributed by atoms with Crippen molar-refractivity contribution in [3.63, 3.8) is 0 Å². The molecule has 1 aliphatic carbocycles. The molecule has 0 radical (unpaired) electrons. The van der Waals surface area contributed by atoms with Gasteiger partial charge in [-0.1, -0.05) is 38.1 Å². The van der Waals surface area contributed by atoms with Gasteiger partial charge in [-0.05, 0) is 36.1 Å². The highest BCUT2D eigenvalue weighted by atomic mass is 19.4. The summed E-state index contributed by atoms with van der Waals surface area (Å²) in [6, 6.07) is 8.84. The van der Waals surface area contributed by atoms with Crippen molar-refractivity contribution in [1.82, 2.24) is 14.8 Å². The van der Waals surface area contributed by atoms with Gasteiger partial charge in [-0.15, -0.1) is 0 Å². The number of alkyl halides is 3. The van der Waals surface area contributed by atoms with Crippen molar-refractivity contribution in [2.75, 3.05) is 25.5 Å². The zero-order valence-electron chi connectivity index (χ0n) is 19.8. The minimum atomic E-state index is -4.74. The van der Waals surface area contributed by atoms with Crippen LogP contribution in [0.1, 0.15) is 43.1 Å². The fourth-order valence-electron chi connectivity index (χ4n) is 5.21. The largest absolute Gasteiger partial charge is 0.465 e. The van der Waals surface area contributed by atoms with E-state index in [9.17, 15) is 22.8 Å². The van der Waals surface area contributed by atoms with Gasteiger partial charge in [0.1, 0.15) is 0 Å². The van der Waals surface area contributed by atoms with Crippen molar-refractivity contribution < 1.29 is 27.9 Å². The van der Waals surface area contributed by atoms with Gasteiger partial charge in [-0.25, -0.2) is 4.79 Å². The van der Waals surface area contributed by atoms with Crippen LogP contribution in [0.5, 0.6) is 0 Å². The lowest BCUT2D eigenvalue weighted by Gasteiger charge is -2.32. The predicted octanol–water partition coefficient (Wildman–Crippen LogP) is 4.46. The second-order valence-electron chi connectivity index (χ2n) is 9.86. The molecule has 3 atom stereocenters. The quantitative estimate of drug-likeness (QED) is 0.647. The zero-order chi connectivity index (χ0) is 25.5. The minimum absolute atomic E-state index is 0.0507. The van der Waals surface area contributed by atoms with Crippen molar-refractivity contribution in [3.8, 4) is 0 Å². The number of benzene rings is 1. The molecule has 7 nitrogen and oxygen atoms in total. The summed E-state index contributed by atoms with van der Waals surface area (Å²) in [6.07, 6.45) is -3.58. The molecule has 4 rings (SSSR count). The molecule has 1 saturated heterocycles. The number of aromatic nitrogens is 1. The van der Waals surface area contributed by atoms with Crippen LogP contribution in [-0.2, 0) is 16.6 Å². The molecular weight excluding hydrogens is 461 g/mol. The lowest BCUT2D eigenvalue weighted by molar-refractivity contribution is -0.191. The molecule has 0 saturated carbocycles. The SMILES string of the molecule is CN(C(=O)[C@H]1CCN(C(=O)O)C1)[C@@H](c1ccc(N[C@H]2Cc3ccccc3C2(C)C)cn1)C(F)(F)F. The average Bonchev–Trinajstić information content (AvgIpc) is 3.38. The summed E-state index contributed by atoms with van der Waals surface area (Å²) >= 11 is 0. The lowest BCUT2D eigenvalue weighted by Crippen LogP contribution is -2.43. The smallest absolute Gasteiger partial charge is 0.414 e. The van der Waals surface area contributed by atoms with Crippen molar-refractivity contribution in [3.05, 3.63) is 59.4 Å². The minimum Gasteiger partial charge on any atom is -0.465 e. The Balaban J connectivity index is 1.50. The van der Waals surface area contributed by atoms with Gasteiger partial charge in [0, 0.05) is 31.6 Å². The fourth-order valence-corrected chi connectivity index (χ4v) is 5.21. The number of hydrogen-bond donors (Lipinski definition) is 2. The monoisotopic (exact) mass is 490 g/mol. The lowest BCUT2D eigenvalue weighted by atomic mass is 9.83. The van der Waals surface area contributed by atoms with Gasteiger partial charge >= 0.3 is 12.3 Å². The van der Waals surface area contributed by atoms with Gasteiger partial charge < -0.3 is 20.2 Å². The molecule has 1 fully saturated rings. The summed E-state index contributed by atoms with van der Waals surface area (Å²) in [5.41, 5.74) is 2.63. The first-order valence-electron chi connectivity index (χ1n) is 11.5. The summed E-state index contributed by atoms with van der Waals surface area (Å²) in [4.78, 5) is 29.7. The third-order valence-corrected chi connectivity index (χ3v) is 7.27. The number of nitrogens with one attached hydrogen (secondary N) is 1. The zero-order valence-corrected chi connectivity index (χ0v) is 19.8. The molecule has 10 heteroatoms. The Morgan fingerprint density at radius 1 is 1.23 bits per heavy atom. The Morgan fingerprint density at radius 2 is 1.94 bits per heavy atom. The number of anilines is 1. The van der Waals surface area contributed by atoms with E-state index in [1.165, 1.54) is 23.4 Å². The molecule has 1 aliphatic heterocycles. The van der Waals surface area contributed by atoms with Crippen molar-refractivity contribution in [1.29, 1.82) is 0 Å². The molecule has 2 aliphatic rings.